The molecule has 296 valence electrons. The van der Waals surface area contributed by atoms with Crippen molar-refractivity contribution in [1.82, 2.24) is 25.1 Å². The Kier molecular flexibility index (Phi) is 11.6. The molecule has 2 fully saturated rings. The number of amides is 4. The van der Waals surface area contributed by atoms with Crippen molar-refractivity contribution >= 4 is 29.7 Å². The zero-order valence-electron chi connectivity index (χ0n) is 33.7. The van der Waals surface area contributed by atoms with E-state index in [1.54, 1.807) is 4.90 Å². The summed E-state index contributed by atoms with van der Waals surface area (Å²) in [5.74, 6) is 0.275. The summed E-state index contributed by atoms with van der Waals surface area (Å²) in [4.78, 5) is 64.2. The number of rotatable bonds is 11. The molecule has 4 amide bonds. The van der Waals surface area contributed by atoms with Crippen LogP contribution in [-0.2, 0) is 24.5 Å². The second-order valence-electron chi connectivity index (χ2n) is 16.7. The lowest BCUT2D eigenvalue weighted by atomic mass is 9.71. The summed E-state index contributed by atoms with van der Waals surface area (Å²) in [5.41, 5.74) is 6.56. The Balaban J connectivity index is 1.27. The van der Waals surface area contributed by atoms with Crippen molar-refractivity contribution in [1.29, 1.82) is 0 Å². The van der Waals surface area contributed by atoms with E-state index in [9.17, 15) is 19.2 Å². The van der Waals surface area contributed by atoms with Crippen LogP contribution in [0.3, 0.4) is 0 Å². The first kappa shape index (κ1) is 39.8. The highest BCUT2D eigenvalue weighted by atomic mass is 16.6. The molecule has 3 aromatic rings. The van der Waals surface area contributed by atoms with Crippen LogP contribution in [0.1, 0.15) is 123 Å². The van der Waals surface area contributed by atoms with Crippen molar-refractivity contribution in [3.8, 4) is 22.4 Å². The number of ether oxygens (including phenoxy) is 2. The summed E-state index contributed by atoms with van der Waals surface area (Å²) < 4.78 is 10.4. The minimum Gasteiger partial charge on any atom is -0.453 e. The fourth-order valence-electron chi connectivity index (χ4n) is 8.91. The van der Waals surface area contributed by atoms with Crippen LogP contribution in [0, 0.1) is 5.92 Å². The number of alkyl carbamates (subject to hydrolysis) is 1. The van der Waals surface area contributed by atoms with Crippen LogP contribution >= 0.6 is 0 Å². The third-order valence-electron chi connectivity index (χ3n) is 11.3. The highest BCUT2D eigenvalue weighted by Crippen LogP contribution is 2.55. The average Bonchev–Trinajstić information content (AvgIpc) is 3.96. The third kappa shape index (κ3) is 7.95. The molecule has 6 rings (SSSR count). The number of carbonyl (C=O) groups excluding carboxylic acids is 4. The number of aromatic amines is 1. The molecule has 12 nitrogen and oxygen atoms in total. The second-order valence-corrected chi connectivity index (χ2v) is 16.7. The molecule has 0 spiro atoms. The number of fused-ring (bicyclic) bond motifs is 3. The standard InChI is InChI=1S/C43H58N6O6/c1-9-19-43(20-10-2)31-23-27(33-25-44-37(46-33)34-13-11-21-48(34)39(51)36(26(3)4)47-40(52)54-8)15-17-29(31)30-18-16-28(24-32(30)43)45-38(50)35-14-12-22-49(35)41(53)55-42(5,6)7/h15-18,23-26,34-36H,9-14,19-22H2,1-8H3,(H,44,46)(H,45,50)(H,47,52). The molecule has 3 unspecified atom stereocenters. The molecule has 2 saturated heterocycles. The predicted octanol–water partition coefficient (Wildman–Crippen LogP) is 8.33. The molecule has 3 heterocycles. The van der Waals surface area contributed by atoms with Crippen LogP contribution in [0.15, 0.2) is 42.6 Å². The van der Waals surface area contributed by atoms with Gasteiger partial charge >= 0.3 is 12.2 Å². The molecule has 2 aromatic carbocycles. The van der Waals surface area contributed by atoms with Crippen molar-refractivity contribution in [3.63, 3.8) is 0 Å². The lowest BCUT2D eigenvalue weighted by Gasteiger charge is -2.32. The van der Waals surface area contributed by atoms with Gasteiger partial charge in [0.25, 0.3) is 0 Å². The van der Waals surface area contributed by atoms with Gasteiger partial charge in [-0.2, -0.15) is 0 Å². The van der Waals surface area contributed by atoms with Gasteiger partial charge in [0.05, 0.1) is 25.0 Å². The number of carbonyl (C=O) groups is 4. The number of likely N-dealkylation sites (tertiary alicyclic amines) is 2. The highest BCUT2D eigenvalue weighted by molar-refractivity contribution is 5.98. The van der Waals surface area contributed by atoms with Crippen LogP contribution in [0.25, 0.3) is 22.4 Å². The molecule has 0 radical (unpaired) electrons. The van der Waals surface area contributed by atoms with Crippen molar-refractivity contribution in [3.05, 3.63) is 59.5 Å². The van der Waals surface area contributed by atoms with E-state index in [0.29, 0.717) is 19.5 Å². The Morgan fingerprint density at radius 1 is 0.945 bits per heavy atom. The Morgan fingerprint density at radius 3 is 2.25 bits per heavy atom. The fraction of sp³-hybridized carbons (Fsp3) is 0.558. The molecule has 2 aliphatic heterocycles. The molecule has 12 heteroatoms. The van der Waals surface area contributed by atoms with E-state index in [0.717, 1.165) is 67.7 Å². The van der Waals surface area contributed by atoms with Gasteiger partial charge in [0.15, 0.2) is 0 Å². The number of methoxy groups -OCH3 is 1. The number of anilines is 1. The van der Waals surface area contributed by atoms with E-state index in [-0.39, 0.29) is 29.2 Å². The first-order valence-corrected chi connectivity index (χ1v) is 20.0. The maximum absolute atomic E-state index is 13.7. The molecular formula is C43H58N6O6. The Hall–Kier alpha value is -4.87. The fourth-order valence-corrected chi connectivity index (χ4v) is 8.91. The first-order valence-electron chi connectivity index (χ1n) is 20.0. The molecule has 3 N–H and O–H groups in total. The van der Waals surface area contributed by atoms with Gasteiger partial charge in [-0.1, -0.05) is 58.7 Å². The maximum atomic E-state index is 13.7. The predicted molar refractivity (Wildman–Crippen MR) is 213 cm³/mol. The van der Waals surface area contributed by atoms with E-state index in [1.165, 1.54) is 29.4 Å². The van der Waals surface area contributed by atoms with Gasteiger partial charge in [0, 0.05) is 24.2 Å². The molecule has 0 saturated carbocycles. The van der Waals surface area contributed by atoms with E-state index in [4.69, 9.17) is 14.5 Å². The minimum absolute atomic E-state index is 0.115. The van der Waals surface area contributed by atoms with Gasteiger partial charge < -0.3 is 30.0 Å². The maximum Gasteiger partial charge on any atom is 0.410 e. The number of nitrogens with zero attached hydrogens (tertiary/aromatic N) is 3. The van der Waals surface area contributed by atoms with Crippen LogP contribution in [0.5, 0.6) is 0 Å². The largest absolute Gasteiger partial charge is 0.453 e. The summed E-state index contributed by atoms with van der Waals surface area (Å²) in [6.07, 6.45) is 7.58. The van der Waals surface area contributed by atoms with Gasteiger partial charge in [-0.15, -0.1) is 0 Å². The quantitative estimate of drug-likeness (QED) is 0.178. The van der Waals surface area contributed by atoms with Gasteiger partial charge in [-0.3, -0.25) is 14.5 Å². The van der Waals surface area contributed by atoms with Gasteiger partial charge in [0.2, 0.25) is 11.8 Å². The molecule has 3 aliphatic rings. The Bertz CT molecular complexity index is 1910. The lowest BCUT2D eigenvalue weighted by molar-refractivity contribution is -0.135. The monoisotopic (exact) mass is 754 g/mol. The summed E-state index contributed by atoms with van der Waals surface area (Å²) >= 11 is 0. The van der Waals surface area contributed by atoms with Gasteiger partial charge in [-0.05, 0) is 111 Å². The summed E-state index contributed by atoms with van der Waals surface area (Å²) in [6.45, 7) is 14.8. The third-order valence-corrected chi connectivity index (χ3v) is 11.3. The summed E-state index contributed by atoms with van der Waals surface area (Å²) in [7, 11) is 1.30. The normalized spacial score (nSPS) is 19.2. The van der Waals surface area contributed by atoms with Crippen molar-refractivity contribution in [2.45, 2.75) is 129 Å². The number of nitrogens with one attached hydrogen (secondary N) is 3. The molecule has 55 heavy (non-hydrogen) atoms. The topological polar surface area (TPSA) is 146 Å². The molecule has 3 atom stereocenters. The molecular weight excluding hydrogens is 697 g/mol. The number of hydrogen-bond acceptors (Lipinski definition) is 7. The van der Waals surface area contributed by atoms with E-state index in [2.05, 4.69) is 59.8 Å². The number of benzene rings is 2. The van der Waals surface area contributed by atoms with E-state index >= 15 is 0 Å². The highest BCUT2D eigenvalue weighted by Gasteiger charge is 2.43. The first-order chi connectivity index (χ1) is 26.2. The van der Waals surface area contributed by atoms with Gasteiger partial charge in [0.1, 0.15) is 23.5 Å². The zero-order chi connectivity index (χ0) is 39.7. The molecule has 1 aliphatic carbocycles. The Morgan fingerprint density at radius 2 is 1.60 bits per heavy atom. The number of imidazole rings is 1. The van der Waals surface area contributed by atoms with Crippen molar-refractivity contribution in [2.75, 3.05) is 25.5 Å². The lowest BCUT2D eigenvalue weighted by Crippen LogP contribution is -2.51. The van der Waals surface area contributed by atoms with Crippen molar-refractivity contribution in [2.24, 2.45) is 5.92 Å². The van der Waals surface area contributed by atoms with E-state index in [1.807, 2.05) is 51.8 Å². The number of hydrogen-bond donors (Lipinski definition) is 3. The molecule has 1 aromatic heterocycles. The SMILES string of the molecule is CCCC1(CCC)c2cc(NC(=O)C3CCCN3C(=O)OC(C)(C)C)ccc2-c2ccc(-c3cnc(C4CCCN4C(=O)C(NC(=O)OC)C(C)C)[nH]3)cc21. The van der Waals surface area contributed by atoms with Crippen molar-refractivity contribution < 1.29 is 28.7 Å². The molecule has 0 bridgehead atoms. The second kappa shape index (κ2) is 16.1. The van der Waals surface area contributed by atoms with E-state index < -0.39 is 29.9 Å². The average molecular weight is 755 g/mol. The van der Waals surface area contributed by atoms with Crippen LogP contribution < -0.4 is 10.6 Å². The number of aromatic nitrogens is 2. The summed E-state index contributed by atoms with van der Waals surface area (Å²) in [6, 6.07) is 11.3. The summed E-state index contributed by atoms with van der Waals surface area (Å²) in [5, 5.41) is 5.88. The smallest absolute Gasteiger partial charge is 0.410 e. The Labute approximate surface area is 325 Å². The van der Waals surface area contributed by atoms with Crippen LogP contribution in [-0.4, -0.2) is 81.7 Å². The number of H-pyrrole nitrogens is 1. The van der Waals surface area contributed by atoms with Crippen LogP contribution in [0.2, 0.25) is 0 Å². The van der Waals surface area contributed by atoms with Gasteiger partial charge in [-0.25, -0.2) is 14.6 Å². The zero-order valence-corrected chi connectivity index (χ0v) is 33.7. The minimum atomic E-state index is -0.699. The van der Waals surface area contributed by atoms with Crippen LogP contribution in [0.4, 0.5) is 15.3 Å².